The van der Waals surface area contributed by atoms with Gasteiger partial charge in [0.05, 0.1) is 6.61 Å². The van der Waals surface area contributed by atoms with E-state index in [1.54, 1.807) is 0 Å². The molecule has 0 heterocycles. The first-order valence-electron chi connectivity index (χ1n) is 3.00. The van der Waals surface area contributed by atoms with Crippen LogP contribution in [0.3, 0.4) is 0 Å². The van der Waals surface area contributed by atoms with Crippen LogP contribution in [0.4, 0.5) is 13.2 Å². The summed E-state index contributed by atoms with van der Waals surface area (Å²) in [5, 5.41) is 17.5. The maximum absolute atomic E-state index is 11.5. The molecule has 0 saturated carbocycles. The Bertz CT molecular complexity index is 214. The minimum atomic E-state index is -5.15. The van der Waals surface area contributed by atoms with Crippen molar-refractivity contribution in [2.24, 2.45) is 0 Å². The predicted molar refractivity (Wildman–Crippen MR) is 32.7 cm³/mol. The van der Waals surface area contributed by atoms with Gasteiger partial charge >= 0.3 is 18.1 Å². The number of hydrogen-bond acceptors (Lipinski definition) is 3. The second-order valence-corrected chi connectivity index (χ2v) is 2.04. The van der Waals surface area contributed by atoms with Crippen LogP contribution in [0.2, 0.25) is 0 Å². The highest BCUT2D eigenvalue weighted by Gasteiger charge is 2.40. The molecule has 0 aliphatic rings. The van der Waals surface area contributed by atoms with Gasteiger partial charge in [-0.1, -0.05) is 0 Å². The van der Waals surface area contributed by atoms with E-state index in [0.29, 0.717) is 0 Å². The molecule has 0 aromatic carbocycles. The van der Waals surface area contributed by atoms with Gasteiger partial charge in [-0.15, -0.1) is 0 Å². The van der Waals surface area contributed by atoms with Crippen LogP contribution in [0.15, 0.2) is 0 Å². The van der Waals surface area contributed by atoms with E-state index in [1.807, 2.05) is 0 Å². The standard InChI is InChI=1S/C5H6F3NO4/c6-5(7,8)4(13)9-2(1-10)3(11)12/h2,10H,1H2,(H,9,13)(H,11,12)/t2-/m1/s1. The molecule has 0 bridgehead atoms. The lowest BCUT2D eigenvalue weighted by atomic mass is 10.3. The Morgan fingerprint density at radius 3 is 2.08 bits per heavy atom. The highest BCUT2D eigenvalue weighted by atomic mass is 19.4. The summed E-state index contributed by atoms with van der Waals surface area (Å²) in [7, 11) is 0. The minimum Gasteiger partial charge on any atom is -0.480 e. The quantitative estimate of drug-likeness (QED) is 0.552. The molecule has 5 nitrogen and oxygen atoms in total. The van der Waals surface area contributed by atoms with Gasteiger partial charge in [0.2, 0.25) is 0 Å². The summed E-state index contributed by atoms with van der Waals surface area (Å²) < 4.78 is 34.6. The largest absolute Gasteiger partial charge is 0.480 e. The third-order valence-corrected chi connectivity index (χ3v) is 1.04. The molecular weight excluding hydrogens is 195 g/mol. The number of carbonyl (C=O) groups excluding carboxylic acids is 1. The van der Waals surface area contributed by atoms with E-state index in [0.717, 1.165) is 5.32 Å². The average molecular weight is 201 g/mol. The lowest BCUT2D eigenvalue weighted by Gasteiger charge is -2.12. The van der Waals surface area contributed by atoms with Crippen molar-refractivity contribution in [1.29, 1.82) is 0 Å². The van der Waals surface area contributed by atoms with Crippen molar-refractivity contribution < 1.29 is 33.0 Å². The van der Waals surface area contributed by atoms with Crippen LogP contribution >= 0.6 is 0 Å². The van der Waals surface area contributed by atoms with Gasteiger partial charge in [0, 0.05) is 0 Å². The van der Waals surface area contributed by atoms with E-state index in [9.17, 15) is 22.8 Å². The van der Waals surface area contributed by atoms with Crippen LogP contribution in [0.25, 0.3) is 0 Å². The maximum atomic E-state index is 11.5. The SMILES string of the molecule is O=C(O)[C@@H](CO)NC(=O)C(F)(F)F. The summed E-state index contributed by atoms with van der Waals surface area (Å²) >= 11 is 0. The summed E-state index contributed by atoms with van der Waals surface area (Å²) in [4.78, 5) is 20.2. The Hall–Kier alpha value is -1.31. The van der Waals surface area contributed by atoms with Gasteiger partial charge in [0.15, 0.2) is 6.04 Å². The van der Waals surface area contributed by atoms with Crippen molar-refractivity contribution in [2.45, 2.75) is 12.2 Å². The molecule has 13 heavy (non-hydrogen) atoms. The van der Waals surface area contributed by atoms with Gasteiger partial charge in [0.1, 0.15) is 0 Å². The monoisotopic (exact) mass is 201 g/mol. The van der Waals surface area contributed by atoms with Crippen LogP contribution in [0.5, 0.6) is 0 Å². The summed E-state index contributed by atoms with van der Waals surface area (Å²) in [6.07, 6.45) is -5.15. The molecule has 76 valence electrons. The number of amides is 1. The fraction of sp³-hybridized carbons (Fsp3) is 0.600. The number of alkyl halides is 3. The highest BCUT2D eigenvalue weighted by Crippen LogP contribution is 2.14. The van der Waals surface area contributed by atoms with Crippen molar-refractivity contribution in [3.63, 3.8) is 0 Å². The molecule has 1 atom stereocenters. The Balaban J connectivity index is 4.26. The van der Waals surface area contributed by atoms with Crippen molar-refractivity contribution in [2.75, 3.05) is 6.61 Å². The first-order chi connectivity index (χ1) is 5.79. The number of nitrogens with one attached hydrogen (secondary N) is 1. The van der Waals surface area contributed by atoms with Crippen LogP contribution in [0, 0.1) is 0 Å². The number of rotatable bonds is 3. The lowest BCUT2D eigenvalue weighted by molar-refractivity contribution is -0.175. The van der Waals surface area contributed by atoms with Gasteiger partial charge in [0.25, 0.3) is 0 Å². The third kappa shape index (κ3) is 3.74. The van der Waals surface area contributed by atoms with E-state index in [2.05, 4.69) is 0 Å². The smallest absolute Gasteiger partial charge is 0.471 e. The first-order valence-corrected chi connectivity index (χ1v) is 3.00. The van der Waals surface area contributed by atoms with Crippen molar-refractivity contribution in [1.82, 2.24) is 5.32 Å². The number of aliphatic carboxylic acids is 1. The van der Waals surface area contributed by atoms with E-state index < -0.39 is 30.7 Å². The fourth-order valence-corrected chi connectivity index (χ4v) is 0.426. The summed E-state index contributed by atoms with van der Waals surface area (Å²) in [6, 6.07) is -1.94. The minimum absolute atomic E-state index is 1.09. The number of hydrogen-bond donors (Lipinski definition) is 3. The van der Waals surface area contributed by atoms with Crippen LogP contribution < -0.4 is 5.32 Å². The third-order valence-electron chi connectivity index (χ3n) is 1.04. The number of aliphatic hydroxyl groups is 1. The zero-order valence-corrected chi connectivity index (χ0v) is 6.13. The molecule has 0 radical (unpaired) electrons. The molecule has 1 amide bonds. The Labute approximate surface area is 70.2 Å². The van der Waals surface area contributed by atoms with Gasteiger partial charge in [-0.25, -0.2) is 4.79 Å². The molecule has 0 saturated heterocycles. The Kier molecular flexibility index (Phi) is 3.67. The predicted octanol–water partition coefficient (Wildman–Crippen LogP) is -0.890. The Morgan fingerprint density at radius 2 is 1.85 bits per heavy atom. The van der Waals surface area contributed by atoms with E-state index in [1.165, 1.54) is 0 Å². The van der Waals surface area contributed by atoms with Gasteiger partial charge in [-0.2, -0.15) is 13.2 Å². The van der Waals surface area contributed by atoms with Gasteiger partial charge in [-0.05, 0) is 0 Å². The second-order valence-electron chi connectivity index (χ2n) is 2.04. The number of aliphatic hydroxyl groups excluding tert-OH is 1. The zero-order valence-electron chi connectivity index (χ0n) is 6.13. The summed E-state index contributed by atoms with van der Waals surface area (Å²) in [6.45, 7) is -1.10. The summed E-state index contributed by atoms with van der Waals surface area (Å²) in [5.41, 5.74) is 0. The molecule has 0 rings (SSSR count). The van der Waals surface area contributed by atoms with Gasteiger partial charge in [-0.3, -0.25) is 4.79 Å². The number of carboxylic acids is 1. The topological polar surface area (TPSA) is 86.6 Å². The molecular formula is C5H6F3NO4. The molecule has 0 aliphatic heterocycles. The molecule has 8 heteroatoms. The number of halogens is 3. The van der Waals surface area contributed by atoms with Crippen LogP contribution in [-0.4, -0.2) is 40.9 Å². The van der Waals surface area contributed by atoms with Crippen LogP contribution in [0.1, 0.15) is 0 Å². The highest BCUT2D eigenvalue weighted by molar-refractivity contribution is 5.86. The average Bonchev–Trinajstić information content (AvgIpc) is 1.96. The van der Waals surface area contributed by atoms with Crippen molar-refractivity contribution in [3.8, 4) is 0 Å². The van der Waals surface area contributed by atoms with Gasteiger partial charge < -0.3 is 15.5 Å². The number of carboxylic acid groups (broad SMARTS) is 1. The summed E-state index contributed by atoms with van der Waals surface area (Å²) in [5.74, 6) is -4.13. The molecule has 0 aliphatic carbocycles. The Morgan fingerprint density at radius 1 is 1.38 bits per heavy atom. The normalized spacial score (nSPS) is 13.5. The fourth-order valence-electron chi connectivity index (χ4n) is 0.426. The lowest BCUT2D eigenvalue weighted by Crippen LogP contribution is -2.48. The van der Waals surface area contributed by atoms with E-state index in [-0.39, 0.29) is 0 Å². The van der Waals surface area contributed by atoms with E-state index in [4.69, 9.17) is 10.2 Å². The number of carbonyl (C=O) groups is 2. The first kappa shape index (κ1) is 11.7. The zero-order chi connectivity index (χ0) is 10.6. The van der Waals surface area contributed by atoms with Crippen molar-refractivity contribution in [3.05, 3.63) is 0 Å². The maximum Gasteiger partial charge on any atom is 0.471 e. The molecule has 0 fully saturated rings. The molecule has 0 unspecified atom stereocenters. The molecule has 0 spiro atoms. The molecule has 0 aromatic heterocycles. The van der Waals surface area contributed by atoms with Crippen LogP contribution in [-0.2, 0) is 9.59 Å². The second kappa shape index (κ2) is 4.08. The molecule has 0 aromatic rings. The van der Waals surface area contributed by atoms with Crippen molar-refractivity contribution >= 4 is 11.9 Å². The van der Waals surface area contributed by atoms with E-state index >= 15 is 0 Å². The molecule has 3 N–H and O–H groups in total.